The van der Waals surface area contributed by atoms with E-state index in [-0.39, 0.29) is 24.2 Å². The van der Waals surface area contributed by atoms with E-state index < -0.39 is 0 Å². The fraction of sp³-hybridized carbons (Fsp3) is 0.562. The van der Waals surface area contributed by atoms with E-state index in [1.165, 1.54) is 0 Å². The van der Waals surface area contributed by atoms with E-state index >= 15 is 0 Å². The summed E-state index contributed by atoms with van der Waals surface area (Å²) in [5.41, 5.74) is 0.182. The van der Waals surface area contributed by atoms with Crippen LogP contribution in [0.25, 0.3) is 0 Å². The van der Waals surface area contributed by atoms with E-state index in [0.29, 0.717) is 17.7 Å². The average molecular weight is 279 g/mol. The summed E-state index contributed by atoms with van der Waals surface area (Å²) >= 11 is 0. The molecule has 0 fully saturated rings. The smallest absolute Gasteiger partial charge is 0.251 e. The first kappa shape index (κ1) is 16.5. The van der Waals surface area contributed by atoms with E-state index in [9.17, 15) is 4.79 Å². The van der Waals surface area contributed by atoms with Gasteiger partial charge >= 0.3 is 0 Å². The highest BCUT2D eigenvalue weighted by atomic mass is 16.5. The van der Waals surface area contributed by atoms with Crippen LogP contribution in [0.5, 0.6) is 5.75 Å². The minimum absolute atomic E-state index is 0.0567. The molecule has 4 nitrogen and oxygen atoms in total. The number of aliphatic hydroxyl groups is 1. The molecule has 0 saturated carbocycles. The summed E-state index contributed by atoms with van der Waals surface area (Å²) in [7, 11) is 0. The Hall–Kier alpha value is -1.55. The number of carbonyl (C=O) groups is 1. The maximum Gasteiger partial charge on any atom is 0.251 e. The van der Waals surface area contributed by atoms with Crippen LogP contribution in [0.2, 0.25) is 0 Å². The maximum absolute atomic E-state index is 12.3. The summed E-state index contributed by atoms with van der Waals surface area (Å²) in [4.78, 5) is 12.3. The lowest BCUT2D eigenvalue weighted by atomic mass is 9.94. The highest BCUT2D eigenvalue weighted by Gasteiger charge is 2.24. The second kappa shape index (κ2) is 7.29. The Morgan fingerprint density at radius 1 is 1.45 bits per heavy atom. The SMILES string of the molecule is CCC(C)(CCO)NC(=O)c1cccc(OC(C)C)c1. The van der Waals surface area contributed by atoms with E-state index in [4.69, 9.17) is 9.84 Å². The lowest BCUT2D eigenvalue weighted by Crippen LogP contribution is -2.46. The van der Waals surface area contributed by atoms with Crippen LogP contribution in [0.4, 0.5) is 0 Å². The molecule has 1 aromatic carbocycles. The number of benzene rings is 1. The second-order valence-electron chi connectivity index (χ2n) is 5.54. The van der Waals surface area contributed by atoms with E-state index in [0.717, 1.165) is 6.42 Å². The van der Waals surface area contributed by atoms with Gasteiger partial charge in [0.05, 0.1) is 6.10 Å². The molecule has 0 heterocycles. The van der Waals surface area contributed by atoms with Gasteiger partial charge < -0.3 is 15.2 Å². The van der Waals surface area contributed by atoms with Gasteiger partial charge in [-0.2, -0.15) is 0 Å². The predicted octanol–water partition coefficient (Wildman–Crippen LogP) is 2.75. The standard InChI is InChI=1S/C16H25NO3/c1-5-16(4,9-10-18)17-15(19)13-7-6-8-14(11-13)20-12(2)3/h6-8,11-12,18H,5,9-10H2,1-4H3,(H,17,19). The highest BCUT2D eigenvalue weighted by Crippen LogP contribution is 2.18. The van der Waals surface area contributed by atoms with Gasteiger partial charge in [-0.3, -0.25) is 4.79 Å². The summed E-state index contributed by atoms with van der Waals surface area (Å²) in [5, 5.41) is 12.1. The summed E-state index contributed by atoms with van der Waals surface area (Å²) in [6, 6.07) is 7.15. The summed E-state index contributed by atoms with van der Waals surface area (Å²) in [6.45, 7) is 7.88. The topological polar surface area (TPSA) is 58.6 Å². The van der Waals surface area contributed by atoms with Crippen molar-refractivity contribution in [2.75, 3.05) is 6.61 Å². The van der Waals surface area contributed by atoms with Crippen LogP contribution < -0.4 is 10.1 Å². The number of rotatable bonds is 7. The Kier molecular flexibility index (Phi) is 6.02. The van der Waals surface area contributed by atoms with Gasteiger partial charge in [-0.15, -0.1) is 0 Å². The molecule has 0 aromatic heterocycles. The summed E-state index contributed by atoms with van der Waals surface area (Å²) in [6.07, 6.45) is 1.38. The van der Waals surface area contributed by atoms with E-state index in [1.54, 1.807) is 12.1 Å². The summed E-state index contributed by atoms with van der Waals surface area (Å²) < 4.78 is 5.59. The van der Waals surface area contributed by atoms with Crippen molar-refractivity contribution >= 4 is 5.91 Å². The third kappa shape index (κ3) is 4.85. The molecule has 1 unspecified atom stereocenters. The van der Waals surface area contributed by atoms with Gasteiger partial charge in [0.25, 0.3) is 5.91 Å². The van der Waals surface area contributed by atoms with Gasteiger partial charge in [0.15, 0.2) is 0 Å². The molecule has 0 radical (unpaired) electrons. The van der Waals surface area contributed by atoms with Gasteiger partial charge in [0.1, 0.15) is 5.75 Å². The molecule has 4 heteroatoms. The van der Waals surface area contributed by atoms with Crippen LogP contribution in [0.1, 0.15) is 50.9 Å². The summed E-state index contributed by atoms with van der Waals surface area (Å²) in [5.74, 6) is 0.546. The number of hydrogen-bond acceptors (Lipinski definition) is 3. The monoisotopic (exact) mass is 279 g/mol. The molecular weight excluding hydrogens is 254 g/mol. The van der Waals surface area contributed by atoms with Crippen LogP contribution in [0.3, 0.4) is 0 Å². The third-order valence-corrected chi connectivity index (χ3v) is 3.33. The molecule has 0 saturated heterocycles. The van der Waals surface area contributed by atoms with Crippen LogP contribution in [-0.2, 0) is 0 Å². The number of ether oxygens (including phenoxy) is 1. The molecule has 0 aliphatic rings. The van der Waals surface area contributed by atoms with E-state index in [1.807, 2.05) is 39.8 Å². The van der Waals surface area contributed by atoms with Crippen molar-refractivity contribution in [1.29, 1.82) is 0 Å². The van der Waals surface area contributed by atoms with Crippen LogP contribution in [0, 0.1) is 0 Å². The Bertz CT molecular complexity index is 445. The molecule has 1 amide bonds. The van der Waals surface area contributed by atoms with Gasteiger partial charge in [0.2, 0.25) is 0 Å². The minimum atomic E-state index is -0.388. The normalized spacial score (nSPS) is 13.9. The highest BCUT2D eigenvalue weighted by molar-refractivity contribution is 5.95. The number of hydrogen-bond donors (Lipinski definition) is 2. The lowest BCUT2D eigenvalue weighted by molar-refractivity contribution is 0.0885. The largest absolute Gasteiger partial charge is 0.491 e. The second-order valence-corrected chi connectivity index (χ2v) is 5.54. The van der Waals surface area contributed by atoms with E-state index in [2.05, 4.69) is 5.32 Å². The zero-order chi connectivity index (χ0) is 15.2. The van der Waals surface area contributed by atoms with Crippen molar-refractivity contribution in [2.24, 2.45) is 0 Å². The molecule has 0 spiro atoms. The third-order valence-electron chi connectivity index (χ3n) is 3.33. The number of aliphatic hydroxyl groups excluding tert-OH is 1. The molecule has 1 rings (SSSR count). The van der Waals surface area contributed by atoms with Crippen molar-refractivity contribution in [3.63, 3.8) is 0 Å². The number of nitrogens with one attached hydrogen (secondary N) is 1. The lowest BCUT2D eigenvalue weighted by Gasteiger charge is -2.29. The fourth-order valence-electron chi connectivity index (χ4n) is 1.90. The van der Waals surface area contributed by atoms with Crippen LogP contribution in [0.15, 0.2) is 24.3 Å². The molecule has 2 N–H and O–H groups in total. The molecule has 1 atom stereocenters. The van der Waals surface area contributed by atoms with Gasteiger partial charge in [-0.25, -0.2) is 0 Å². The first-order valence-corrected chi connectivity index (χ1v) is 7.10. The Morgan fingerprint density at radius 3 is 2.70 bits per heavy atom. The quantitative estimate of drug-likeness (QED) is 0.807. The molecule has 0 bridgehead atoms. The van der Waals surface area contributed by atoms with Crippen molar-refractivity contribution in [2.45, 2.75) is 52.2 Å². The van der Waals surface area contributed by atoms with Crippen LogP contribution >= 0.6 is 0 Å². The maximum atomic E-state index is 12.3. The van der Waals surface area contributed by atoms with Crippen molar-refractivity contribution in [3.05, 3.63) is 29.8 Å². The van der Waals surface area contributed by atoms with Crippen molar-refractivity contribution in [3.8, 4) is 5.75 Å². The Labute approximate surface area is 121 Å². The van der Waals surface area contributed by atoms with Crippen molar-refractivity contribution < 1.29 is 14.6 Å². The fourth-order valence-corrected chi connectivity index (χ4v) is 1.90. The molecule has 112 valence electrons. The molecule has 20 heavy (non-hydrogen) atoms. The Morgan fingerprint density at radius 2 is 2.15 bits per heavy atom. The van der Waals surface area contributed by atoms with Crippen LogP contribution in [-0.4, -0.2) is 29.3 Å². The minimum Gasteiger partial charge on any atom is -0.491 e. The zero-order valence-electron chi connectivity index (χ0n) is 12.8. The van der Waals surface area contributed by atoms with Gasteiger partial charge in [-0.05, 0) is 51.8 Å². The zero-order valence-corrected chi connectivity index (χ0v) is 12.8. The molecular formula is C16H25NO3. The molecule has 0 aliphatic heterocycles. The Balaban J connectivity index is 2.81. The molecule has 1 aromatic rings. The molecule has 0 aliphatic carbocycles. The first-order valence-electron chi connectivity index (χ1n) is 7.10. The first-order chi connectivity index (χ1) is 9.40. The van der Waals surface area contributed by atoms with Crippen molar-refractivity contribution in [1.82, 2.24) is 5.32 Å². The average Bonchev–Trinajstić information content (AvgIpc) is 2.38. The van der Waals surface area contributed by atoms with Gasteiger partial charge in [-0.1, -0.05) is 13.0 Å². The van der Waals surface area contributed by atoms with Gasteiger partial charge in [0, 0.05) is 17.7 Å². The number of carbonyl (C=O) groups excluding carboxylic acids is 1. The number of amides is 1. The predicted molar refractivity (Wildman–Crippen MR) is 80.1 cm³/mol.